The van der Waals surface area contributed by atoms with Crippen molar-refractivity contribution in [3.05, 3.63) is 80.9 Å². The van der Waals surface area contributed by atoms with Crippen molar-refractivity contribution in [1.29, 1.82) is 0 Å². The van der Waals surface area contributed by atoms with Crippen molar-refractivity contribution in [2.75, 3.05) is 6.54 Å². The number of carbonyl (C=O) groups is 1. The third kappa shape index (κ3) is 3.46. The van der Waals surface area contributed by atoms with Gasteiger partial charge in [0.15, 0.2) is 17.5 Å². The Labute approximate surface area is 146 Å². The quantitative estimate of drug-likeness (QED) is 0.702. The molecule has 0 unspecified atom stereocenters. The van der Waals surface area contributed by atoms with Gasteiger partial charge in [0.1, 0.15) is 0 Å². The van der Waals surface area contributed by atoms with Crippen LogP contribution < -0.4 is 10.9 Å². The molecule has 0 aliphatic rings. The van der Waals surface area contributed by atoms with E-state index in [0.29, 0.717) is 23.6 Å². The molecular weight excluding hydrogens is 345 g/mol. The van der Waals surface area contributed by atoms with E-state index in [1.54, 1.807) is 25.1 Å². The van der Waals surface area contributed by atoms with E-state index >= 15 is 0 Å². The van der Waals surface area contributed by atoms with E-state index in [-0.39, 0.29) is 12.1 Å². The van der Waals surface area contributed by atoms with Gasteiger partial charge in [0.05, 0.1) is 5.56 Å². The average Bonchev–Trinajstić information content (AvgIpc) is 2.61. The molecular formula is C19H15F3N2O2. The maximum atomic E-state index is 13.6. The topological polar surface area (TPSA) is 62.0 Å². The number of pyridine rings is 1. The Hall–Kier alpha value is -3.09. The molecule has 0 bridgehead atoms. The summed E-state index contributed by atoms with van der Waals surface area (Å²) in [5, 5.41) is 3.34. The van der Waals surface area contributed by atoms with Gasteiger partial charge < -0.3 is 10.3 Å². The molecule has 2 aromatic carbocycles. The van der Waals surface area contributed by atoms with Crippen LogP contribution in [0.1, 0.15) is 21.5 Å². The van der Waals surface area contributed by atoms with Gasteiger partial charge in [-0.1, -0.05) is 6.07 Å². The molecule has 0 aliphatic heterocycles. The van der Waals surface area contributed by atoms with Crippen molar-refractivity contribution in [3.63, 3.8) is 0 Å². The van der Waals surface area contributed by atoms with E-state index in [1.165, 1.54) is 0 Å². The number of H-pyrrole nitrogens is 1. The molecule has 2 N–H and O–H groups in total. The highest BCUT2D eigenvalue weighted by molar-refractivity contribution is 5.94. The molecule has 0 aliphatic carbocycles. The summed E-state index contributed by atoms with van der Waals surface area (Å²) in [7, 11) is 0. The highest BCUT2D eigenvalue weighted by atomic mass is 19.2. The number of benzene rings is 2. The van der Waals surface area contributed by atoms with Crippen molar-refractivity contribution < 1.29 is 18.0 Å². The van der Waals surface area contributed by atoms with Crippen LogP contribution in [0, 0.1) is 24.4 Å². The Bertz CT molecular complexity index is 1060. The molecule has 7 heteroatoms. The lowest BCUT2D eigenvalue weighted by atomic mass is 10.1. The van der Waals surface area contributed by atoms with Crippen molar-refractivity contribution >= 4 is 16.8 Å². The lowest BCUT2D eigenvalue weighted by Crippen LogP contribution is -2.27. The molecule has 26 heavy (non-hydrogen) atoms. The normalized spacial score (nSPS) is 10.9. The Morgan fingerprint density at radius 2 is 1.85 bits per heavy atom. The first-order valence-electron chi connectivity index (χ1n) is 7.91. The molecule has 3 rings (SSSR count). The first kappa shape index (κ1) is 17.7. The molecule has 0 spiro atoms. The van der Waals surface area contributed by atoms with E-state index in [9.17, 15) is 22.8 Å². The molecule has 134 valence electrons. The lowest BCUT2D eigenvalue weighted by molar-refractivity contribution is 0.0949. The molecule has 0 saturated carbocycles. The number of aromatic amines is 1. The van der Waals surface area contributed by atoms with Gasteiger partial charge in [0, 0.05) is 17.6 Å². The van der Waals surface area contributed by atoms with E-state index in [4.69, 9.17) is 0 Å². The summed E-state index contributed by atoms with van der Waals surface area (Å²) in [5.74, 6) is -5.34. The van der Waals surface area contributed by atoms with Gasteiger partial charge in [-0.15, -0.1) is 0 Å². The summed E-state index contributed by atoms with van der Waals surface area (Å²) in [5.41, 5.74) is 1.51. The van der Waals surface area contributed by atoms with Gasteiger partial charge in [0.2, 0.25) is 0 Å². The summed E-state index contributed by atoms with van der Waals surface area (Å²) in [6.45, 7) is 1.90. The third-order valence-corrected chi connectivity index (χ3v) is 4.07. The predicted octanol–water partition coefficient (Wildman–Crippen LogP) is 3.23. The van der Waals surface area contributed by atoms with Gasteiger partial charge in [-0.05, 0) is 54.6 Å². The van der Waals surface area contributed by atoms with Crippen LogP contribution >= 0.6 is 0 Å². The maximum absolute atomic E-state index is 13.6. The molecule has 3 aromatic rings. The second-order valence-corrected chi connectivity index (χ2v) is 5.93. The van der Waals surface area contributed by atoms with Crippen molar-refractivity contribution in [2.24, 2.45) is 0 Å². The number of aromatic nitrogens is 1. The Morgan fingerprint density at radius 3 is 2.62 bits per heavy atom. The monoisotopic (exact) mass is 360 g/mol. The fraction of sp³-hybridized carbons (Fsp3) is 0.158. The Balaban J connectivity index is 1.69. The SMILES string of the molecule is Cc1cc2cc(CCNC(=O)c3ccc(F)c(F)c3F)ccc2[nH]c1=O. The number of nitrogens with one attached hydrogen (secondary N) is 2. The van der Waals surface area contributed by atoms with E-state index in [2.05, 4.69) is 10.3 Å². The molecule has 0 radical (unpaired) electrons. The fourth-order valence-electron chi connectivity index (χ4n) is 2.64. The molecule has 1 aromatic heterocycles. The van der Waals surface area contributed by atoms with Gasteiger partial charge in [-0.25, -0.2) is 13.2 Å². The van der Waals surface area contributed by atoms with E-state index in [1.807, 2.05) is 6.07 Å². The summed E-state index contributed by atoms with van der Waals surface area (Å²) in [6, 6.07) is 8.83. The van der Waals surface area contributed by atoms with Crippen LogP contribution in [-0.2, 0) is 6.42 Å². The Morgan fingerprint density at radius 1 is 1.08 bits per heavy atom. The minimum atomic E-state index is -1.67. The first-order valence-corrected chi connectivity index (χ1v) is 7.91. The number of halogens is 3. The van der Waals surface area contributed by atoms with E-state index < -0.39 is 28.9 Å². The van der Waals surface area contributed by atoms with Crippen LogP contribution in [0.25, 0.3) is 10.9 Å². The molecule has 0 fully saturated rings. The zero-order valence-electron chi connectivity index (χ0n) is 13.8. The second kappa shape index (κ2) is 7.03. The maximum Gasteiger partial charge on any atom is 0.254 e. The van der Waals surface area contributed by atoms with Gasteiger partial charge in [-0.3, -0.25) is 9.59 Å². The average molecular weight is 360 g/mol. The number of hydrogen-bond acceptors (Lipinski definition) is 2. The first-order chi connectivity index (χ1) is 12.4. The molecule has 0 saturated heterocycles. The van der Waals surface area contributed by atoms with Gasteiger partial charge >= 0.3 is 0 Å². The van der Waals surface area contributed by atoms with Gasteiger partial charge in [-0.2, -0.15) is 0 Å². The zero-order valence-corrected chi connectivity index (χ0v) is 13.8. The highest BCUT2D eigenvalue weighted by Gasteiger charge is 2.18. The third-order valence-electron chi connectivity index (χ3n) is 4.07. The Kier molecular flexibility index (Phi) is 4.79. The number of hydrogen-bond donors (Lipinski definition) is 2. The minimum Gasteiger partial charge on any atom is -0.352 e. The second-order valence-electron chi connectivity index (χ2n) is 5.93. The van der Waals surface area contributed by atoms with Crippen LogP contribution in [0.15, 0.2) is 41.2 Å². The summed E-state index contributed by atoms with van der Waals surface area (Å²) in [4.78, 5) is 26.3. The number of aryl methyl sites for hydroxylation is 1. The van der Waals surface area contributed by atoms with Crippen LogP contribution in [0.3, 0.4) is 0 Å². The van der Waals surface area contributed by atoms with Crippen molar-refractivity contribution in [1.82, 2.24) is 10.3 Å². The molecule has 1 heterocycles. The highest BCUT2D eigenvalue weighted by Crippen LogP contribution is 2.16. The summed E-state index contributed by atoms with van der Waals surface area (Å²) >= 11 is 0. The van der Waals surface area contributed by atoms with Crippen LogP contribution in [0.4, 0.5) is 13.2 Å². The lowest BCUT2D eigenvalue weighted by Gasteiger charge is -2.08. The molecule has 4 nitrogen and oxygen atoms in total. The number of amides is 1. The van der Waals surface area contributed by atoms with Crippen LogP contribution in [-0.4, -0.2) is 17.4 Å². The molecule has 0 atom stereocenters. The van der Waals surface area contributed by atoms with Crippen LogP contribution in [0.2, 0.25) is 0 Å². The summed E-state index contributed by atoms with van der Waals surface area (Å²) in [6.07, 6.45) is 0.450. The zero-order chi connectivity index (χ0) is 18.8. The van der Waals surface area contributed by atoms with Crippen molar-refractivity contribution in [3.8, 4) is 0 Å². The molecule has 1 amide bonds. The van der Waals surface area contributed by atoms with E-state index in [0.717, 1.165) is 17.0 Å². The number of carbonyl (C=O) groups excluding carboxylic acids is 1. The van der Waals surface area contributed by atoms with Crippen LogP contribution in [0.5, 0.6) is 0 Å². The van der Waals surface area contributed by atoms with Crippen molar-refractivity contribution in [2.45, 2.75) is 13.3 Å². The number of rotatable bonds is 4. The smallest absolute Gasteiger partial charge is 0.254 e. The number of fused-ring (bicyclic) bond motifs is 1. The van der Waals surface area contributed by atoms with Gasteiger partial charge in [0.25, 0.3) is 11.5 Å². The standard InChI is InChI=1S/C19H15F3N2O2/c1-10-8-12-9-11(2-5-15(12)24-18(10)25)6-7-23-19(26)13-3-4-14(20)17(22)16(13)21/h2-5,8-9H,6-7H2,1H3,(H,23,26)(H,24,25). The predicted molar refractivity (Wildman–Crippen MR) is 91.7 cm³/mol. The fourth-order valence-corrected chi connectivity index (χ4v) is 2.64. The minimum absolute atomic E-state index is 0.147. The largest absolute Gasteiger partial charge is 0.352 e. The summed E-state index contributed by atoms with van der Waals surface area (Å²) < 4.78 is 39.7.